The van der Waals surface area contributed by atoms with Crippen LogP contribution in [-0.2, 0) is 12.2 Å². The minimum Gasteiger partial charge on any atom is -0.472 e. The van der Waals surface area contributed by atoms with E-state index in [9.17, 15) is 0 Å². The smallest absolute Gasteiger partial charge is 0.277 e. The first-order valence-electron chi connectivity index (χ1n) is 7.21. The fraction of sp³-hybridized carbons (Fsp3) is 0.125. The number of furan rings is 1. The van der Waals surface area contributed by atoms with E-state index in [1.807, 2.05) is 30.3 Å². The van der Waals surface area contributed by atoms with Gasteiger partial charge in [0.2, 0.25) is 17.6 Å². The summed E-state index contributed by atoms with van der Waals surface area (Å²) in [6.45, 7) is 0. The molecular formula is C16H12N4O3S. The van der Waals surface area contributed by atoms with E-state index in [1.54, 1.807) is 18.6 Å². The number of thioether (sulfide) groups is 1. The highest BCUT2D eigenvalue weighted by atomic mass is 32.2. The molecule has 0 amide bonds. The molecule has 0 atom stereocenters. The zero-order chi connectivity index (χ0) is 16.2. The van der Waals surface area contributed by atoms with Crippen molar-refractivity contribution in [3.05, 3.63) is 66.3 Å². The van der Waals surface area contributed by atoms with E-state index in [0.29, 0.717) is 35.0 Å². The molecule has 1 aromatic carbocycles. The van der Waals surface area contributed by atoms with Crippen LogP contribution in [0.5, 0.6) is 0 Å². The van der Waals surface area contributed by atoms with Crippen LogP contribution in [-0.4, -0.2) is 20.3 Å². The second kappa shape index (κ2) is 6.71. The van der Waals surface area contributed by atoms with Crippen molar-refractivity contribution in [2.45, 2.75) is 17.4 Å². The molecule has 120 valence electrons. The van der Waals surface area contributed by atoms with Gasteiger partial charge >= 0.3 is 0 Å². The molecule has 0 fully saturated rings. The molecule has 0 aliphatic rings. The van der Waals surface area contributed by atoms with Crippen LogP contribution in [0.1, 0.15) is 17.3 Å². The van der Waals surface area contributed by atoms with Crippen LogP contribution in [0.2, 0.25) is 0 Å². The molecule has 3 heterocycles. The molecule has 7 nitrogen and oxygen atoms in total. The molecule has 0 spiro atoms. The first kappa shape index (κ1) is 14.7. The Kier molecular flexibility index (Phi) is 4.11. The zero-order valence-corrected chi connectivity index (χ0v) is 13.3. The van der Waals surface area contributed by atoms with Gasteiger partial charge in [-0.05, 0) is 11.6 Å². The summed E-state index contributed by atoms with van der Waals surface area (Å²) < 4.78 is 15.8. The number of hydrogen-bond acceptors (Lipinski definition) is 8. The molecule has 4 rings (SSSR count). The zero-order valence-electron chi connectivity index (χ0n) is 12.5. The molecule has 0 aliphatic heterocycles. The Hall–Kier alpha value is -2.87. The Morgan fingerprint density at radius 1 is 1.00 bits per heavy atom. The van der Waals surface area contributed by atoms with E-state index in [1.165, 1.54) is 11.8 Å². The molecule has 0 radical (unpaired) electrons. The van der Waals surface area contributed by atoms with Gasteiger partial charge in [0.25, 0.3) is 5.22 Å². The summed E-state index contributed by atoms with van der Waals surface area (Å²) in [7, 11) is 0. The largest absolute Gasteiger partial charge is 0.472 e. The van der Waals surface area contributed by atoms with Gasteiger partial charge in [-0.2, -0.15) is 4.98 Å². The van der Waals surface area contributed by atoms with Crippen molar-refractivity contribution in [2.75, 3.05) is 0 Å². The van der Waals surface area contributed by atoms with Gasteiger partial charge in [0, 0.05) is 0 Å². The van der Waals surface area contributed by atoms with Gasteiger partial charge in [0.05, 0.1) is 24.0 Å². The lowest BCUT2D eigenvalue weighted by molar-refractivity contribution is 0.389. The molecular weight excluding hydrogens is 328 g/mol. The average Bonchev–Trinajstić information content (AvgIpc) is 3.35. The lowest BCUT2D eigenvalue weighted by Gasteiger charge is -1.94. The van der Waals surface area contributed by atoms with E-state index in [-0.39, 0.29) is 0 Å². The van der Waals surface area contributed by atoms with Crippen LogP contribution in [0.15, 0.2) is 67.5 Å². The third-order valence-electron chi connectivity index (χ3n) is 3.21. The fourth-order valence-corrected chi connectivity index (χ4v) is 2.70. The predicted octanol–water partition coefficient (Wildman–Crippen LogP) is 3.60. The van der Waals surface area contributed by atoms with Crippen molar-refractivity contribution in [2.24, 2.45) is 0 Å². The topological polar surface area (TPSA) is 91.0 Å². The summed E-state index contributed by atoms with van der Waals surface area (Å²) in [6.07, 6.45) is 3.74. The van der Waals surface area contributed by atoms with E-state index < -0.39 is 0 Å². The maximum Gasteiger partial charge on any atom is 0.277 e. The Labute approximate surface area is 141 Å². The number of rotatable bonds is 6. The molecule has 3 aromatic heterocycles. The van der Waals surface area contributed by atoms with Crippen molar-refractivity contribution < 1.29 is 13.4 Å². The maximum absolute atomic E-state index is 5.62. The van der Waals surface area contributed by atoms with Gasteiger partial charge in [-0.3, -0.25) is 0 Å². The van der Waals surface area contributed by atoms with Gasteiger partial charge in [0.1, 0.15) is 6.26 Å². The SMILES string of the molecule is c1ccc(Cc2nnc(SCc3nc(-c4ccoc4)no3)o2)cc1. The van der Waals surface area contributed by atoms with E-state index in [2.05, 4.69) is 20.3 Å². The third kappa shape index (κ3) is 3.38. The molecule has 0 unspecified atom stereocenters. The molecule has 8 heteroatoms. The Bertz CT molecular complexity index is 902. The molecule has 4 aromatic rings. The van der Waals surface area contributed by atoms with Gasteiger partial charge in [-0.25, -0.2) is 0 Å². The highest BCUT2D eigenvalue weighted by molar-refractivity contribution is 7.98. The van der Waals surface area contributed by atoms with Crippen molar-refractivity contribution in [3.8, 4) is 11.4 Å². The van der Waals surface area contributed by atoms with E-state index >= 15 is 0 Å². The van der Waals surface area contributed by atoms with Crippen LogP contribution < -0.4 is 0 Å². The van der Waals surface area contributed by atoms with Crippen LogP contribution in [0.4, 0.5) is 0 Å². The minimum absolute atomic E-state index is 0.456. The Balaban J connectivity index is 1.36. The minimum atomic E-state index is 0.456. The summed E-state index contributed by atoms with van der Waals surface area (Å²) in [5, 5.41) is 12.5. The average molecular weight is 340 g/mol. The van der Waals surface area contributed by atoms with Crippen molar-refractivity contribution >= 4 is 11.8 Å². The van der Waals surface area contributed by atoms with Gasteiger partial charge < -0.3 is 13.4 Å². The monoisotopic (exact) mass is 340 g/mol. The van der Waals surface area contributed by atoms with Gasteiger partial charge in [0.15, 0.2) is 0 Å². The maximum atomic E-state index is 5.62. The van der Waals surface area contributed by atoms with Crippen LogP contribution in [0, 0.1) is 0 Å². The van der Waals surface area contributed by atoms with Gasteiger partial charge in [-0.1, -0.05) is 47.3 Å². The number of benzene rings is 1. The van der Waals surface area contributed by atoms with Crippen LogP contribution in [0.25, 0.3) is 11.4 Å². The number of hydrogen-bond donors (Lipinski definition) is 0. The molecule has 0 N–H and O–H groups in total. The highest BCUT2D eigenvalue weighted by Gasteiger charge is 2.13. The highest BCUT2D eigenvalue weighted by Crippen LogP contribution is 2.23. The molecule has 0 aliphatic carbocycles. The summed E-state index contributed by atoms with van der Waals surface area (Å²) in [6, 6.07) is 11.7. The second-order valence-corrected chi connectivity index (χ2v) is 5.86. The summed E-state index contributed by atoms with van der Waals surface area (Å²) >= 11 is 1.36. The summed E-state index contributed by atoms with van der Waals surface area (Å²) in [5.41, 5.74) is 1.90. The lowest BCUT2D eigenvalue weighted by Crippen LogP contribution is -1.87. The fourth-order valence-electron chi connectivity index (χ4n) is 2.08. The number of nitrogens with zero attached hydrogens (tertiary/aromatic N) is 4. The van der Waals surface area contributed by atoms with Crippen molar-refractivity contribution in [1.29, 1.82) is 0 Å². The standard InChI is InChI=1S/C16H12N4O3S/c1-2-4-11(5-3-1)8-13-18-19-16(22-13)24-10-14-17-15(20-23-14)12-6-7-21-9-12/h1-7,9H,8,10H2. The molecule has 0 saturated heterocycles. The molecule has 0 bridgehead atoms. The van der Waals surface area contributed by atoms with Gasteiger partial charge in [-0.15, -0.1) is 10.2 Å². The second-order valence-electron chi connectivity index (χ2n) is 4.94. The van der Waals surface area contributed by atoms with E-state index in [4.69, 9.17) is 13.4 Å². The number of aromatic nitrogens is 4. The van der Waals surface area contributed by atoms with E-state index in [0.717, 1.165) is 11.1 Å². The Morgan fingerprint density at radius 3 is 2.75 bits per heavy atom. The van der Waals surface area contributed by atoms with Crippen molar-refractivity contribution in [3.63, 3.8) is 0 Å². The van der Waals surface area contributed by atoms with Crippen LogP contribution >= 0.6 is 11.8 Å². The predicted molar refractivity (Wildman–Crippen MR) is 85.1 cm³/mol. The normalized spacial score (nSPS) is 11.0. The van der Waals surface area contributed by atoms with Crippen LogP contribution in [0.3, 0.4) is 0 Å². The lowest BCUT2D eigenvalue weighted by atomic mass is 10.2. The van der Waals surface area contributed by atoms with Crippen molar-refractivity contribution in [1.82, 2.24) is 20.3 Å². The third-order valence-corrected chi connectivity index (χ3v) is 4.02. The first-order chi connectivity index (χ1) is 11.9. The molecule has 24 heavy (non-hydrogen) atoms. The Morgan fingerprint density at radius 2 is 1.92 bits per heavy atom. The first-order valence-corrected chi connectivity index (χ1v) is 8.19. The quantitative estimate of drug-likeness (QED) is 0.492. The summed E-state index contributed by atoms with van der Waals surface area (Å²) in [4.78, 5) is 4.29. The summed E-state index contributed by atoms with van der Waals surface area (Å²) in [5.74, 6) is 2.01. The molecule has 0 saturated carbocycles.